The maximum absolute atomic E-state index is 11.4. The zero-order valence-electron chi connectivity index (χ0n) is 10.7. The summed E-state index contributed by atoms with van der Waals surface area (Å²) >= 11 is 0. The van der Waals surface area contributed by atoms with Gasteiger partial charge in [-0.2, -0.15) is 5.26 Å². The minimum absolute atomic E-state index is 0.0667. The number of aliphatic carboxylic acids is 1. The van der Waals surface area contributed by atoms with Gasteiger partial charge in [0, 0.05) is 5.92 Å². The molecule has 0 saturated heterocycles. The van der Waals surface area contributed by atoms with E-state index in [2.05, 4.69) is 0 Å². The molecule has 1 aromatic carbocycles. The van der Waals surface area contributed by atoms with Crippen LogP contribution < -0.4 is 4.74 Å². The van der Waals surface area contributed by atoms with Gasteiger partial charge in [-0.25, -0.2) is 4.79 Å². The molecule has 100 valence electrons. The van der Waals surface area contributed by atoms with Crippen LogP contribution in [0.2, 0.25) is 0 Å². The van der Waals surface area contributed by atoms with E-state index in [0.717, 1.165) is 25.7 Å². The highest BCUT2D eigenvalue weighted by atomic mass is 16.5. The second kappa shape index (κ2) is 6.24. The van der Waals surface area contributed by atoms with Gasteiger partial charge in [0.25, 0.3) is 0 Å². The van der Waals surface area contributed by atoms with Crippen LogP contribution in [0.3, 0.4) is 0 Å². The fourth-order valence-corrected chi connectivity index (χ4v) is 2.57. The minimum atomic E-state index is -0.922. The van der Waals surface area contributed by atoms with Crippen LogP contribution in [-0.4, -0.2) is 17.2 Å². The number of carboxylic acid groups (broad SMARTS) is 1. The number of hydrogen-bond acceptors (Lipinski definition) is 3. The summed E-state index contributed by atoms with van der Waals surface area (Å²) < 4.78 is 5.61. The Morgan fingerprint density at radius 1 is 1.37 bits per heavy atom. The zero-order valence-corrected chi connectivity index (χ0v) is 10.7. The fraction of sp³-hybridized carbons (Fsp3) is 0.467. The van der Waals surface area contributed by atoms with Crippen LogP contribution in [0.5, 0.6) is 5.75 Å². The first-order valence-corrected chi connectivity index (χ1v) is 6.60. The van der Waals surface area contributed by atoms with E-state index in [1.807, 2.05) is 6.07 Å². The van der Waals surface area contributed by atoms with Gasteiger partial charge in [-0.3, -0.25) is 0 Å². The highest BCUT2D eigenvalue weighted by Crippen LogP contribution is 2.29. The van der Waals surface area contributed by atoms with Crippen LogP contribution in [0.4, 0.5) is 0 Å². The molecule has 4 heteroatoms. The molecule has 0 radical (unpaired) electrons. The number of ether oxygens (including phenoxy) is 1. The van der Waals surface area contributed by atoms with Crippen LogP contribution >= 0.6 is 0 Å². The molecule has 1 fully saturated rings. The number of nitrogens with zero attached hydrogens (tertiary/aromatic N) is 1. The Hall–Kier alpha value is -2.02. The third-order valence-corrected chi connectivity index (χ3v) is 3.55. The fourth-order valence-electron chi connectivity index (χ4n) is 2.57. The van der Waals surface area contributed by atoms with Crippen molar-refractivity contribution in [2.45, 2.75) is 38.2 Å². The van der Waals surface area contributed by atoms with Crippen molar-refractivity contribution in [2.75, 3.05) is 0 Å². The van der Waals surface area contributed by atoms with E-state index in [1.54, 1.807) is 24.3 Å². The van der Waals surface area contributed by atoms with E-state index in [-0.39, 0.29) is 5.92 Å². The van der Waals surface area contributed by atoms with Gasteiger partial charge in [0.2, 0.25) is 0 Å². The second-order valence-electron chi connectivity index (χ2n) is 4.91. The molecule has 1 atom stereocenters. The summed E-state index contributed by atoms with van der Waals surface area (Å²) in [5.41, 5.74) is 0.477. The molecule has 2 rings (SSSR count). The summed E-state index contributed by atoms with van der Waals surface area (Å²) in [6.45, 7) is 0. The number of benzene rings is 1. The maximum Gasteiger partial charge on any atom is 0.345 e. The normalized spacial score (nSPS) is 17.4. The highest BCUT2D eigenvalue weighted by Gasteiger charge is 2.31. The molecule has 0 aromatic heterocycles. The van der Waals surface area contributed by atoms with Crippen molar-refractivity contribution in [3.05, 3.63) is 29.8 Å². The Morgan fingerprint density at radius 2 is 2.11 bits per heavy atom. The van der Waals surface area contributed by atoms with E-state index in [9.17, 15) is 9.90 Å². The molecule has 0 unspecified atom stereocenters. The summed E-state index contributed by atoms with van der Waals surface area (Å²) in [6.07, 6.45) is 4.29. The standard InChI is InChI=1S/C15H17NO3/c16-10-11-5-4-8-13(9-11)19-14(15(17)18)12-6-2-1-3-7-12/h4-5,8-9,12,14H,1-3,6-7H2,(H,17,18)/t14-/m0/s1. The van der Waals surface area contributed by atoms with Crippen LogP contribution in [0.25, 0.3) is 0 Å². The predicted molar refractivity (Wildman–Crippen MR) is 69.8 cm³/mol. The van der Waals surface area contributed by atoms with Crippen LogP contribution in [0, 0.1) is 17.2 Å². The lowest BCUT2D eigenvalue weighted by Crippen LogP contribution is -2.36. The molecule has 0 amide bonds. The lowest BCUT2D eigenvalue weighted by molar-refractivity contribution is -0.148. The van der Waals surface area contributed by atoms with Gasteiger partial charge in [-0.1, -0.05) is 25.3 Å². The van der Waals surface area contributed by atoms with Crippen molar-refractivity contribution in [1.82, 2.24) is 0 Å². The lowest BCUT2D eigenvalue weighted by Gasteiger charge is -2.27. The van der Waals surface area contributed by atoms with E-state index in [0.29, 0.717) is 11.3 Å². The summed E-state index contributed by atoms with van der Waals surface area (Å²) in [7, 11) is 0. The second-order valence-corrected chi connectivity index (χ2v) is 4.91. The van der Waals surface area contributed by atoms with Gasteiger partial charge in [0.05, 0.1) is 11.6 Å². The molecular formula is C15H17NO3. The van der Waals surface area contributed by atoms with Crippen molar-refractivity contribution in [1.29, 1.82) is 5.26 Å². The Morgan fingerprint density at radius 3 is 2.74 bits per heavy atom. The summed E-state index contributed by atoms with van der Waals surface area (Å²) in [5, 5.41) is 18.2. The number of nitriles is 1. The van der Waals surface area contributed by atoms with Gasteiger partial charge >= 0.3 is 5.97 Å². The zero-order chi connectivity index (χ0) is 13.7. The van der Waals surface area contributed by atoms with Crippen molar-refractivity contribution in [3.63, 3.8) is 0 Å². The van der Waals surface area contributed by atoms with Crippen molar-refractivity contribution in [2.24, 2.45) is 5.92 Å². The van der Waals surface area contributed by atoms with Crippen molar-refractivity contribution < 1.29 is 14.6 Å². The summed E-state index contributed by atoms with van der Waals surface area (Å²) in [5.74, 6) is -0.400. The highest BCUT2D eigenvalue weighted by molar-refractivity contribution is 5.73. The van der Waals surface area contributed by atoms with Crippen LogP contribution in [0.1, 0.15) is 37.7 Å². The molecule has 4 nitrogen and oxygen atoms in total. The van der Waals surface area contributed by atoms with Gasteiger partial charge in [-0.05, 0) is 31.0 Å². The molecular weight excluding hydrogens is 242 g/mol. The first-order valence-electron chi connectivity index (χ1n) is 6.60. The topological polar surface area (TPSA) is 70.3 Å². The number of hydrogen-bond donors (Lipinski definition) is 1. The predicted octanol–water partition coefficient (Wildman–Crippen LogP) is 2.97. The number of carbonyl (C=O) groups is 1. The molecule has 0 bridgehead atoms. The smallest absolute Gasteiger partial charge is 0.345 e. The van der Waals surface area contributed by atoms with E-state index >= 15 is 0 Å². The molecule has 1 aliphatic rings. The minimum Gasteiger partial charge on any atom is -0.478 e. The molecule has 19 heavy (non-hydrogen) atoms. The Labute approximate surface area is 112 Å². The van der Waals surface area contributed by atoms with Gasteiger partial charge < -0.3 is 9.84 Å². The maximum atomic E-state index is 11.4. The third kappa shape index (κ3) is 3.47. The molecule has 0 spiro atoms. The SMILES string of the molecule is N#Cc1cccc(O[C@H](C(=O)O)C2CCCCC2)c1. The lowest BCUT2D eigenvalue weighted by atomic mass is 9.85. The summed E-state index contributed by atoms with van der Waals surface area (Å²) in [4.78, 5) is 11.4. The summed E-state index contributed by atoms with van der Waals surface area (Å²) in [6, 6.07) is 8.67. The van der Waals surface area contributed by atoms with Gasteiger partial charge in [-0.15, -0.1) is 0 Å². The molecule has 1 N–H and O–H groups in total. The van der Waals surface area contributed by atoms with Crippen LogP contribution in [0.15, 0.2) is 24.3 Å². The molecule has 0 heterocycles. The van der Waals surface area contributed by atoms with Gasteiger partial charge in [0.1, 0.15) is 5.75 Å². The van der Waals surface area contributed by atoms with E-state index < -0.39 is 12.1 Å². The number of carboxylic acids is 1. The number of rotatable bonds is 4. The Kier molecular flexibility index (Phi) is 4.40. The van der Waals surface area contributed by atoms with E-state index in [4.69, 9.17) is 10.00 Å². The first kappa shape index (κ1) is 13.4. The van der Waals surface area contributed by atoms with Gasteiger partial charge in [0.15, 0.2) is 6.10 Å². The van der Waals surface area contributed by atoms with Crippen LogP contribution in [-0.2, 0) is 4.79 Å². The molecule has 1 aromatic rings. The van der Waals surface area contributed by atoms with Crippen molar-refractivity contribution >= 4 is 5.97 Å². The molecule has 1 aliphatic carbocycles. The largest absolute Gasteiger partial charge is 0.478 e. The Bertz CT molecular complexity index is 486. The van der Waals surface area contributed by atoms with Crippen molar-refractivity contribution in [3.8, 4) is 11.8 Å². The quantitative estimate of drug-likeness (QED) is 0.902. The van der Waals surface area contributed by atoms with E-state index in [1.165, 1.54) is 6.42 Å². The average Bonchev–Trinajstić information content (AvgIpc) is 2.45. The molecule has 0 aliphatic heterocycles. The monoisotopic (exact) mass is 259 g/mol. The first-order chi connectivity index (χ1) is 9.20. The third-order valence-electron chi connectivity index (χ3n) is 3.55. The average molecular weight is 259 g/mol. The molecule has 1 saturated carbocycles. The Balaban J connectivity index is 2.11.